The van der Waals surface area contributed by atoms with Crippen LogP contribution in [0, 0.1) is 6.92 Å². The standard InChI is InChI=1S/C16H18Cl2N2/c1-3-19-16(9-13-6-4-11(2)10-20-13)14-7-5-12(17)8-15(14)18/h4-8,10,16,19H,3,9H2,1-2H3. The van der Waals surface area contributed by atoms with Crippen LogP contribution in [0.4, 0.5) is 0 Å². The molecule has 1 N–H and O–H groups in total. The van der Waals surface area contributed by atoms with E-state index in [2.05, 4.69) is 29.4 Å². The van der Waals surface area contributed by atoms with Crippen molar-refractivity contribution < 1.29 is 0 Å². The Kier molecular flexibility index (Phi) is 5.41. The molecular weight excluding hydrogens is 291 g/mol. The van der Waals surface area contributed by atoms with Gasteiger partial charge in [0, 0.05) is 34.4 Å². The molecule has 0 fully saturated rings. The van der Waals surface area contributed by atoms with Crippen LogP contribution in [0.25, 0.3) is 0 Å². The summed E-state index contributed by atoms with van der Waals surface area (Å²) in [5.41, 5.74) is 3.27. The summed E-state index contributed by atoms with van der Waals surface area (Å²) >= 11 is 12.3. The molecule has 0 saturated heterocycles. The predicted octanol–water partition coefficient (Wildman–Crippen LogP) is 4.59. The summed E-state index contributed by atoms with van der Waals surface area (Å²) in [4.78, 5) is 4.46. The molecule has 1 atom stereocenters. The third-order valence-corrected chi connectivity index (χ3v) is 3.74. The van der Waals surface area contributed by atoms with Gasteiger partial charge in [-0.05, 0) is 42.8 Å². The van der Waals surface area contributed by atoms with E-state index in [4.69, 9.17) is 23.2 Å². The van der Waals surface area contributed by atoms with Gasteiger partial charge in [-0.25, -0.2) is 0 Å². The molecule has 0 radical (unpaired) electrons. The molecule has 4 heteroatoms. The third kappa shape index (κ3) is 3.95. The lowest BCUT2D eigenvalue weighted by Crippen LogP contribution is -2.23. The fourth-order valence-electron chi connectivity index (χ4n) is 2.15. The van der Waals surface area contributed by atoms with E-state index in [0.29, 0.717) is 10.0 Å². The number of benzene rings is 1. The van der Waals surface area contributed by atoms with E-state index in [1.54, 1.807) is 6.07 Å². The number of aryl methyl sites for hydroxylation is 1. The molecule has 20 heavy (non-hydrogen) atoms. The van der Waals surface area contributed by atoms with E-state index in [1.165, 1.54) is 5.56 Å². The smallest absolute Gasteiger partial charge is 0.0468 e. The normalized spacial score (nSPS) is 12.4. The Morgan fingerprint density at radius 3 is 2.60 bits per heavy atom. The predicted molar refractivity (Wildman–Crippen MR) is 85.6 cm³/mol. The zero-order chi connectivity index (χ0) is 14.5. The summed E-state index contributed by atoms with van der Waals surface area (Å²) in [6, 6.07) is 9.91. The summed E-state index contributed by atoms with van der Waals surface area (Å²) in [6.45, 7) is 4.99. The average Bonchev–Trinajstić information content (AvgIpc) is 2.41. The Balaban J connectivity index is 2.24. The highest BCUT2D eigenvalue weighted by molar-refractivity contribution is 6.35. The van der Waals surface area contributed by atoms with E-state index in [-0.39, 0.29) is 6.04 Å². The molecule has 1 heterocycles. The van der Waals surface area contributed by atoms with Crippen LogP contribution in [0.3, 0.4) is 0 Å². The first-order valence-electron chi connectivity index (χ1n) is 6.70. The highest BCUT2D eigenvalue weighted by atomic mass is 35.5. The number of hydrogen-bond acceptors (Lipinski definition) is 2. The lowest BCUT2D eigenvalue weighted by Gasteiger charge is -2.19. The highest BCUT2D eigenvalue weighted by Gasteiger charge is 2.15. The van der Waals surface area contributed by atoms with Crippen LogP contribution in [0.1, 0.15) is 29.8 Å². The quantitative estimate of drug-likeness (QED) is 0.874. The van der Waals surface area contributed by atoms with Gasteiger partial charge in [-0.3, -0.25) is 4.98 Å². The third-order valence-electron chi connectivity index (χ3n) is 3.17. The Labute approximate surface area is 130 Å². The summed E-state index contributed by atoms with van der Waals surface area (Å²) in [7, 11) is 0. The Hall–Kier alpha value is -1.09. The molecule has 1 aromatic heterocycles. The molecule has 0 aliphatic rings. The second-order valence-electron chi connectivity index (χ2n) is 4.81. The molecule has 0 spiro atoms. The fraction of sp³-hybridized carbons (Fsp3) is 0.312. The zero-order valence-electron chi connectivity index (χ0n) is 11.7. The van der Waals surface area contributed by atoms with Crippen molar-refractivity contribution >= 4 is 23.2 Å². The van der Waals surface area contributed by atoms with Gasteiger partial charge in [-0.2, -0.15) is 0 Å². The molecule has 0 aliphatic heterocycles. The van der Waals surface area contributed by atoms with Crippen molar-refractivity contribution in [1.82, 2.24) is 10.3 Å². The number of nitrogens with one attached hydrogen (secondary N) is 1. The van der Waals surface area contributed by atoms with Crippen molar-refractivity contribution in [2.24, 2.45) is 0 Å². The van der Waals surface area contributed by atoms with Crippen molar-refractivity contribution in [2.75, 3.05) is 6.54 Å². The first-order valence-corrected chi connectivity index (χ1v) is 7.45. The van der Waals surface area contributed by atoms with Gasteiger partial charge >= 0.3 is 0 Å². The molecule has 0 saturated carbocycles. The molecule has 1 unspecified atom stereocenters. The minimum atomic E-state index is 0.139. The Morgan fingerprint density at radius 2 is 2.00 bits per heavy atom. The number of nitrogens with zero attached hydrogens (tertiary/aromatic N) is 1. The number of rotatable bonds is 5. The first-order chi connectivity index (χ1) is 9.60. The van der Waals surface area contributed by atoms with Gasteiger partial charge in [0.1, 0.15) is 0 Å². The summed E-state index contributed by atoms with van der Waals surface area (Å²) in [5.74, 6) is 0. The Morgan fingerprint density at radius 1 is 1.20 bits per heavy atom. The van der Waals surface area contributed by atoms with Gasteiger partial charge in [-0.1, -0.05) is 42.3 Å². The van der Waals surface area contributed by atoms with Crippen LogP contribution < -0.4 is 5.32 Å². The lowest BCUT2D eigenvalue weighted by atomic mass is 10.0. The van der Waals surface area contributed by atoms with Crippen molar-refractivity contribution in [3.63, 3.8) is 0 Å². The van der Waals surface area contributed by atoms with Gasteiger partial charge in [-0.15, -0.1) is 0 Å². The van der Waals surface area contributed by atoms with Gasteiger partial charge in [0.2, 0.25) is 0 Å². The van der Waals surface area contributed by atoms with E-state index in [0.717, 1.165) is 24.2 Å². The van der Waals surface area contributed by atoms with Gasteiger partial charge in [0.25, 0.3) is 0 Å². The van der Waals surface area contributed by atoms with Crippen LogP contribution in [-0.4, -0.2) is 11.5 Å². The second-order valence-corrected chi connectivity index (χ2v) is 5.65. The molecule has 1 aromatic carbocycles. The van der Waals surface area contributed by atoms with E-state index < -0.39 is 0 Å². The van der Waals surface area contributed by atoms with Crippen LogP contribution in [0.5, 0.6) is 0 Å². The fourth-order valence-corrected chi connectivity index (χ4v) is 2.69. The number of likely N-dealkylation sites (N-methyl/N-ethyl adjacent to an activating group) is 1. The molecule has 0 aliphatic carbocycles. The van der Waals surface area contributed by atoms with E-state index in [9.17, 15) is 0 Å². The van der Waals surface area contributed by atoms with Crippen LogP contribution in [0.2, 0.25) is 10.0 Å². The minimum Gasteiger partial charge on any atom is -0.310 e. The molecular formula is C16H18Cl2N2. The van der Waals surface area contributed by atoms with E-state index >= 15 is 0 Å². The molecule has 2 rings (SSSR count). The molecule has 106 valence electrons. The van der Waals surface area contributed by atoms with Gasteiger partial charge in [0.05, 0.1) is 0 Å². The largest absolute Gasteiger partial charge is 0.310 e. The number of pyridine rings is 1. The van der Waals surface area contributed by atoms with Crippen molar-refractivity contribution in [2.45, 2.75) is 26.3 Å². The van der Waals surface area contributed by atoms with Crippen molar-refractivity contribution in [3.8, 4) is 0 Å². The van der Waals surface area contributed by atoms with Crippen LogP contribution in [0.15, 0.2) is 36.5 Å². The maximum absolute atomic E-state index is 6.31. The number of aromatic nitrogens is 1. The summed E-state index contributed by atoms with van der Waals surface area (Å²) in [5, 5.41) is 4.80. The number of hydrogen-bond donors (Lipinski definition) is 1. The number of halogens is 2. The van der Waals surface area contributed by atoms with Gasteiger partial charge in [0.15, 0.2) is 0 Å². The van der Waals surface area contributed by atoms with Crippen LogP contribution >= 0.6 is 23.2 Å². The summed E-state index contributed by atoms with van der Waals surface area (Å²) < 4.78 is 0. The maximum atomic E-state index is 6.31. The molecule has 2 aromatic rings. The van der Waals surface area contributed by atoms with Crippen LogP contribution in [-0.2, 0) is 6.42 Å². The first kappa shape index (κ1) is 15.3. The Bertz CT molecular complexity index is 567. The van der Waals surface area contributed by atoms with Crippen molar-refractivity contribution in [3.05, 3.63) is 63.4 Å². The molecule has 0 bridgehead atoms. The second kappa shape index (κ2) is 7.07. The highest BCUT2D eigenvalue weighted by Crippen LogP contribution is 2.28. The average molecular weight is 309 g/mol. The van der Waals surface area contributed by atoms with Crippen molar-refractivity contribution in [1.29, 1.82) is 0 Å². The SMILES string of the molecule is CCNC(Cc1ccc(C)cn1)c1ccc(Cl)cc1Cl. The monoisotopic (exact) mass is 308 g/mol. The topological polar surface area (TPSA) is 24.9 Å². The molecule has 0 amide bonds. The van der Waals surface area contributed by atoms with E-state index in [1.807, 2.05) is 25.3 Å². The van der Waals surface area contributed by atoms with Gasteiger partial charge < -0.3 is 5.32 Å². The minimum absolute atomic E-state index is 0.139. The molecule has 2 nitrogen and oxygen atoms in total. The summed E-state index contributed by atoms with van der Waals surface area (Å²) in [6.07, 6.45) is 2.69. The zero-order valence-corrected chi connectivity index (χ0v) is 13.2. The lowest BCUT2D eigenvalue weighted by molar-refractivity contribution is 0.544. The maximum Gasteiger partial charge on any atom is 0.0468 e.